The Labute approximate surface area is 211 Å². The lowest BCUT2D eigenvalue weighted by atomic mass is 9.53. The number of rotatable bonds is 2. The maximum atomic E-state index is 17.2. The molecule has 3 heterocycles. The molecular formula is C30H35FN2O3. The van der Waals surface area contributed by atoms with Gasteiger partial charge in [-0.25, -0.2) is 4.39 Å². The second-order valence-corrected chi connectivity index (χ2v) is 12.3. The van der Waals surface area contributed by atoms with Gasteiger partial charge in [0.15, 0.2) is 5.67 Å². The van der Waals surface area contributed by atoms with E-state index in [0.717, 1.165) is 17.2 Å². The second-order valence-electron chi connectivity index (χ2n) is 12.3. The summed E-state index contributed by atoms with van der Waals surface area (Å²) in [5.74, 6) is 0.00431. The molecule has 36 heavy (non-hydrogen) atoms. The van der Waals surface area contributed by atoms with Crippen molar-refractivity contribution in [3.8, 4) is 0 Å². The fourth-order valence-electron chi connectivity index (χ4n) is 8.75. The predicted molar refractivity (Wildman–Crippen MR) is 137 cm³/mol. The van der Waals surface area contributed by atoms with Crippen LogP contribution in [0.1, 0.15) is 51.0 Å². The van der Waals surface area contributed by atoms with Crippen molar-refractivity contribution >= 4 is 16.3 Å². The number of benzene rings is 1. The first kappa shape index (κ1) is 23.0. The van der Waals surface area contributed by atoms with Crippen LogP contribution in [0.25, 0.3) is 16.3 Å². The molecule has 2 aromatic rings. The van der Waals surface area contributed by atoms with E-state index in [0.29, 0.717) is 37.7 Å². The summed E-state index contributed by atoms with van der Waals surface area (Å²) < 4.78 is 24.2. The maximum absolute atomic E-state index is 17.2. The van der Waals surface area contributed by atoms with Crippen molar-refractivity contribution in [3.05, 3.63) is 59.9 Å². The van der Waals surface area contributed by atoms with Crippen molar-refractivity contribution in [2.24, 2.45) is 11.3 Å². The van der Waals surface area contributed by atoms with Crippen LogP contribution < -0.4 is 0 Å². The topological polar surface area (TPSA) is 65.8 Å². The molecule has 1 aromatic heterocycles. The van der Waals surface area contributed by atoms with Gasteiger partial charge in [-0.1, -0.05) is 31.2 Å². The summed E-state index contributed by atoms with van der Waals surface area (Å²) in [5, 5.41) is 24.3. The van der Waals surface area contributed by atoms with Crippen molar-refractivity contribution in [2.75, 3.05) is 14.1 Å². The summed E-state index contributed by atoms with van der Waals surface area (Å²) in [5.41, 5.74) is -0.467. The number of fused-ring (bicyclic) bond motifs is 2. The molecule has 2 aliphatic heterocycles. The molecule has 6 heteroatoms. The van der Waals surface area contributed by atoms with Gasteiger partial charge in [0.25, 0.3) is 0 Å². The molecule has 2 saturated carbocycles. The second kappa shape index (κ2) is 7.25. The average molecular weight is 491 g/mol. The lowest BCUT2D eigenvalue weighted by Gasteiger charge is -2.60. The lowest BCUT2D eigenvalue weighted by Crippen LogP contribution is -2.68. The Bertz CT molecular complexity index is 1320. The quantitative estimate of drug-likeness (QED) is 0.610. The molecule has 2 N–H and O–H groups in total. The predicted octanol–water partition coefficient (Wildman–Crippen LogP) is 4.43. The number of aliphatic hydroxyl groups is 2. The van der Waals surface area contributed by atoms with Crippen LogP contribution >= 0.6 is 0 Å². The summed E-state index contributed by atoms with van der Waals surface area (Å²) in [6.45, 7) is 2.30. The van der Waals surface area contributed by atoms with Gasteiger partial charge in [0, 0.05) is 29.7 Å². The molecule has 0 radical (unpaired) electrons. The third kappa shape index (κ3) is 2.66. The van der Waals surface area contributed by atoms with Crippen molar-refractivity contribution in [1.29, 1.82) is 0 Å². The minimum Gasteiger partial charge on any atom is -0.388 e. The minimum absolute atomic E-state index is 0.00431. The van der Waals surface area contributed by atoms with E-state index in [1.54, 1.807) is 6.08 Å². The number of aliphatic hydroxyl groups excluding tert-OH is 2. The van der Waals surface area contributed by atoms with Crippen LogP contribution in [0.5, 0.6) is 0 Å². The number of allylic oxidation sites excluding steroid dienone is 2. The van der Waals surface area contributed by atoms with E-state index in [4.69, 9.17) is 4.74 Å². The maximum Gasteiger partial charge on any atom is 0.158 e. The smallest absolute Gasteiger partial charge is 0.158 e. The first-order valence-electron chi connectivity index (χ1n) is 13.3. The number of likely N-dealkylation sites (N-methyl/N-ethyl adjacent to an activating group) is 1. The molecule has 2 spiro atoms. The van der Waals surface area contributed by atoms with E-state index in [1.165, 1.54) is 11.1 Å². The molecule has 1 aromatic carbocycles. The largest absolute Gasteiger partial charge is 0.388 e. The van der Waals surface area contributed by atoms with Gasteiger partial charge in [0.2, 0.25) is 0 Å². The van der Waals surface area contributed by atoms with Gasteiger partial charge in [-0.05, 0) is 92.3 Å². The standard InChI is InChI=1S/C30H35FN2O3/c1-27-10-12-29(31)15-22-25(34)26(35)23(33(2)3)16-28(22)11-13-30(29,36-28)24(27)8-7-21(27)19-6-4-5-18-9-14-32-17-20(18)19/h4-7,9,14-15,17,23-26,34-35H,8,10-13,16H2,1-3H3/t23-,24?,25+,26+,27+,28+,29?,30-/m0/s1. The molecule has 3 fully saturated rings. The summed E-state index contributed by atoms with van der Waals surface area (Å²) in [6.07, 6.45) is 9.43. The van der Waals surface area contributed by atoms with Crippen molar-refractivity contribution < 1.29 is 19.3 Å². The first-order valence-corrected chi connectivity index (χ1v) is 13.3. The summed E-state index contributed by atoms with van der Waals surface area (Å²) in [6, 6.07) is 8.19. The number of nitrogens with zero attached hydrogens (tertiary/aromatic N) is 2. The number of hydrogen-bond donors (Lipinski definition) is 2. The molecule has 5 aliphatic rings. The molecular weight excluding hydrogens is 455 g/mol. The summed E-state index contributed by atoms with van der Waals surface area (Å²) in [4.78, 5) is 6.35. The van der Waals surface area contributed by atoms with Crippen LogP contribution in [0.3, 0.4) is 0 Å². The van der Waals surface area contributed by atoms with Crippen molar-refractivity contribution in [2.45, 2.75) is 80.6 Å². The monoisotopic (exact) mass is 490 g/mol. The molecule has 5 nitrogen and oxygen atoms in total. The Balaban J connectivity index is 1.33. The van der Waals surface area contributed by atoms with Crippen LogP contribution in [0, 0.1) is 11.3 Å². The SMILES string of the molecule is CN(C)[C@H]1C[C@@]23CC[C@]4(O2)C2CC=C(c5cccc6ccncc56)[C@@]2(C)CCC4(F)C=C3[C@@H](O)[C@@H]1O. The van der Waals surface area contributed by atoms with E-state index >= 15 is 4.39 Å². The van der Waals surface area contributed by atoms with E-state index in [9.17, 15) is 10.2 Å². The summed E-state index contributed by atoms with van der Waals surface area (Å²) in [7, 11) is 3.84. The zero-order valence-corrected chi connectivity index (χ0v) is 21.2. The fourth-order valence-corrected chi connectivity index (χ4v) is 8.75. The van der Waals surface area contributed by atoms with Gasteiger partial charge < -0.3 is 19.8 Å². The highest BCUT2D eigenvalue weighted by atomic mass is 19.1. The highest BCUT2D eigenvalue weighted by molar-refractivity contribution is 5.95. The first-order chi connectivity index (χ1) is 17.1. The third-order valence-corrected chi connectivity index (χ3v) is 10.6. The number of halogens is 1. The molecule has 190 valence electrons. The zero-order valence-electron chi connectivity index (χ0n) is 21.2. The number of aromatic nitrogens is 1. The van der Waals surface area contributed by atoms with E-state index in [1.807, 2.05) is 37.5 Å². The van der Waals surface area contributed by atoms with Gasteiger partial charge >= 0.3 is 0 Å². The van der Waals surface area contributed by atoms with Gasteiger partial charge in [0.05, 0.1) is 11.7 Å². The minimum atomic E-state index is -1.65. The van der Waals surface area contributed by atoms with Gasteiger partial charge in [-0.2, -0.15) is 0 Å². The molecule has 0 amide bonds. The Morgan fingerprint density at radius 3 is 2.75 bits per heavy atom. The van der Waals surface area contributed by atoms with E-state index < -0.39 is 29.1 Å². The van der Waals surface area contributed by atoms with Gasteiger partial charge in [-0.3, -0.25) is 4.98 Å². The number of alkyl halides is 1. The fraction of sp³-hybridized carbons (Fsp3) is 0.567. The number of ether oxygens (including phenoxy) is 1. The van der Waals surface area contributed by atoms with Crippen LogP contribution in [-0.4, -0.2) is 69.3 Å². The molecule has 3 aliphatic carbocycles. The Morgan fingerprint density at radius 1 is 1.11 bits per heavy atom. The highest BCUT2D eigenvalue weighted by Gasteiger charge is 2.74. The highest BCUT2D eigenvalue weighted by Crippen LogP contribution is 2.71. The Morgan fingerprint density at radius 2 is 1.94 bits per heavy atom. The normalized spacial score (nSPS) is 45.2. The molecule has 8 atom stereocenters. The van der Waals surface area contributed by atoms with Crippen molar-refractivity contribution in [1.82, 2.24) is 9.88 Å². The molecule has 2 unspecified atom stereocenters. The zero-order chi connectivity index (χ0) is 25.1. The van der Waals surface area contributed by atoms with Crippen LogP contribution in [0.15, 0.2) is 54.4 Å². The lowest BCUT2D eigenvalue weighted by molar-refractivity contribution is -0.239. The molecule has 7 rings (SSSR count). The number of pyridine rings is 1. The molecule has 1 saturated heterocycles. The Kier molecular flexibility index (Phi) is 4.64. The van der Waals surface area contributed by atoms with Crippen LogP contribution in [-0.2, 0) is 4.74 Å². The van der Waals surface area contributed by atoms with Crippen molar-refractivity contribution in [3.63, 3.8) is 0 Å². The number of hydrogen-bond acceptors (Lipinski definition) is 5. The third-order valence-electron chi connectivity index (χ3n) is 10.6. The van der Waals surface area contributed by atoms with Gasteiger partial charge in [-0.15, -0.1) is 0 Å². The van der Waals surface area contributed by atoms with Crippen LogP contribution in [0.4, 0.5) is 4.39 Å². The van der Waals surface area contributed by atoms with Gasteiger partial charge in [0.1, 0.15) is 11.7 Å². The van der Waals surface area contributed by atoms with Crippen LogP contribution in [0.2, 0.25) is 0 Å². The van der Waals surface area contributed by atoms with E-state index in [2.05, 4.69) is 36.2 Å². The molecule has 2 bridgehead atoms. The average Bonchev–Trinajstić information content (AvgIpc) is 3.39. The van der Waals surface area contributed by atoms with E-state index in [-0.39, 0.29) is 17.4 Å². The Hall–Kier alpha value is -2.12. The summed E-state index contributed by atoms with van der Waals surface area (Å²) >= 11 is 0.